The summed E-state index contributed by atoms with van der Waals surface area (Å²) in [6, 6.07) is 0. The van der Waals surface area contributed by atoms with Crippen LogP contribution < -0.4 is 0 Å². The van der Waals surface area contributed by atoms with Crippen molar-refractivity contribution in [3.8, 4) is 0 Å². The number of aryl methyl sites for hydroxylation is 5. The molecule has 0 aliphatic carbocycles. The zero-order chi connectivity index (χ0) is 14.3. The number of rotatable bonds is 4. The Morgan fingerprint density at radius 3 is 2.70 bits per heavy atom. The summed E-state index contributed by atoms with van der Waals surface area (Å²) in [5, 5.41) is 8.72. The largest absolute Gasteiger partial charge is 0.310 e. The first-order valence-corrected chi connectivity index (χ1v) is 7.07. The average Bonchev–Trinajstić information content (AvgIpc) is 3.05. The molecule has 7 heteroatoms. The Bertz CT molecular complexity index is 750. The molecule has 0 saturated carbocycles. The van der Waals surface area contributed by atoms with E-state index in [2.05, 4.69) is 19.7 Å². The Labute approximate surface area is 122 Å². The fraction of sp³-hybridized carbons (Fsp3) is 0.462. The number of fused-ring (bicyclic) bond motifs is 1. The molecule has 3 heterocycles. The summed E-state index contributed by atoms with van der Waals surface area (Å²) in [5.41, 5.74) is 4.04. The molecule has 3 aromatic rings. The van der Waals surface area contributed by atoms with E-state index in [0.29, 0.717) is 5.88 Å². The van der Waals surface area contributed by atoms with Crippen molar-refractivity contribution in [1.29, 1.82) is 0 Å². The van der Waals surface area contributed by atoms with Gasteiger partial charge in [-0.05, 0) is 19.4 Å². The van der Waals surface area contributed by atoms with Crippen molar-refractivity contribution in [1.82, 2.24) is 29.1 Å². The van der Waals surface area contributed by atoms with E-state index in [1.807, 2.05) is 42.7 Å². The Kier molecular flexibility index (Phi) is 3.25. The van der Waals surface area contributed by atoms with Gasteiger partial charge in [0.15, 0.2) is 5.65 Å². The second-order valence-electron chi connectivity index (χ2n) is 4.98. The van der Waals surface area contributed by atoms with Gasteiger partial charge >= 0.3 is 0 Å². The van der Waals surface area contributed by atoms with E-state index >= 15 is 0 Å². The first-order valence-electron chi connectivity index (χ1n) is 6.54. The lowest BCUT2D eigenvalue weighted by atomic mass is 10.4. The number of imidazole rings is 1. The summed E-state index contributed by atoms with van der Waals surface area (Å²) >= 11 is 6.02. The zero-order valence-electron chi connectivity index (χ0n) is 11.8. The maximum absolute atomic E-state index is 6.02. The van der Waals surface area contributed by atoms with Crippen molar-refractivity contribution in [2.24, 2.45) is 7.05 Å². The maximum atomic E-state index is 6.02. The lowest BCUT2D eigenvalue weighted by molar-refractivity contribution is 0.525. The Hall–Kier alpha value is -1.82. The molecule has 20 heavy (non-hydrogen) atoms. The highest BCUT2D eigenvalue weighted by Crippen LogP contribution is 2.20. The van der Waals surface area contributed by atoms with E-state index in [4.69, 9.17) is 11.6 Å². The van der Waals surface area contributed by atoms with Gasteiger partial charge in [0.25, 0.3) is 0 Å². The van der Waals surface area contributed by atoms with Gasteiger partial charge in [0.1, 0.15) is 11.3 Å². The Balaban J connectivity index is 1.96. The molecule has 0 fully saturated rings. The van der Waals surface area contributed by atoms with Crippen LogP contribution in [0.3, 0.4) is 0 Å². The number of hydrogen-bond acceptors (Lipinski definition) is 3. The number of nitrogens with zero attached hydrogens (tertiary/aromatic N) is 6. The SMILES string of the molecule is Cc1cnn(CCn2c(CCl)nc3c(C)nn(C)c32)c1. The number of halogens is 1. The van der Waals surface area contributed by atoms with Gasteiger partial charge in [-0.25, -0.2) is 4.98 Å². The normalized spacial score (nSPS) is 11.6. The molecular formula is C13H17ClN6. The van der Waals surface area contributed by atoms with Crippen molar-refractivity contribution in [3.05, 3.63) is 29.5 Å². The van der Waals surface area contributed by atoms with Crippen LogP contribution in [0.1, 0.15) is 17.1 Å². The van der Waals surface area contributed by atoms with Gasteiger partial charge in [-0.15, -0.1) is 11.6 Å². The predicted octanol–water partition coefficient (Wildman–Crippen LogP) is 2.02. The Morgan fingerprint density at radius 1 is 1.25 bits per heavy atom. The number of hydrogen-bond donors (Lipinski definition) is 0. The minimum atomic E-state index is 0.395. The molecule has 0 N–H and O–H groups in total. The minimum absolute atomic E-state index is 0.395. The van der Waals surface area contributed by atoms with E-state index in [0.717, 1.165) is 41.3 Å². The first-order chi connectivity index (χ1) is 9.60. The zero-order valence-corrected chi connectivity index (χ0v) is 12.6. The fourth-order valence-corrected chi connectivity index (χ4v) is 2.71. The van der Waals surface area contributed by atoms with Gasteiger partial charge < -0.3 is 4.57 Å². The lowest BCUT2D eigenvalue weighted by Gasteiger charge is -2.08. The topological polar surface area (TPSA) is 53.5 Å². The van der Waals surface area contributed by atoms with Crippen LogP contribution >= 0.6 is 11.6 Å². The average molecular weight is 293 g/mol. The summed E-state index contributed by atoms with van der Waals surface area (Å²) in [6.45, 7) is 5.56. The third kappa shape index (κ3) is 2.10. The summed E-state index contributed by atoms with van der Waals surface area (Å²) in [6.07, 6.45) is 3.89. The molecule has 0 saturated heterocycles. The monoisotopic (exact) mass is 292 g/mol. The highest BCUT2D eigenvalue weighted by molar-refractivity contribution is 6.16. The summed E-state index contributed by atoms with van der Waals surface area (Å²) in [5.74, 6) is 1.27. The van der Waals surface area contributed by atoms with Crippen LogP contribution in [0.15, 0.2) is 12.4 Å². The molecule has 0 amide bonds. The van der Waals surface area contributed by atoms with E-state index in [-0.39, 0.29) is 0 Å². The van der Waals surface area contributed by atoms with Gasteiger partial charge in [-0.2, -0.15) is 10.2 Å². The molecule has 6 nitrogen and oxygen atoms in total. The minimum Gasteiger partial charge on any atom is -0.310 e. The van der Waals surface area contributed by atoms with E-state index < -0.39 is 0 Å². The molecule has 0 aliphatic heterocycles. The number of aromatic nitrogens is 6. The van der Waals surface area contributed by atoms with Gasteiger partial charge in [-0.3, -0.25) is 9.36 Å². The van der Waals surface area contributed by atoms with Gasteiger partial charge in [0, 0.05) is 19.8 Å². The van der Waals surface area contributed by atoms with Crippen LogP contribution in [0, 0.1) is 13.8 Å². The predicted molar refractivity (Wildman–Crippen MR) is 77.8 cm³/mol. The van der Waals surface area contributed by atoms with Crippen LogP contribution in [0.25, 0.3) is 11.2 Å². The molecule has 0 spiro atoms. The van der Waals surface area contributed by atoms with Crippen LogP contribution in [-0.4, -0.2) is 29.1 Å². The van der Waals surface area contributed by atoms with Crippen LogP contribution in [-0.2, 0) is 26.0 Å². The molecule has 0 atom stereocenters. The molecule has 3 aromatic heterocycles. The van der Waals surface area contributed by atoms with E-state index in [1.54, 1.807) is 0 Å². The van der Waals surface area contributed by atoms with Crippen LogP contribution in [0.2, 0.25) is 0 Å². The molecule has 3 rings (SSSR count). The highest BCUT2D eigenvalue weighted by Gasteiger charge is 2.16. The molecule has 0 bridgehead atoms. The quantitative estimate of drug-likeness (QED) is 0.691. The molecule has 0 unspecified atom stereocenters. The maximum Gasteiger partial charge on any atom is 0.158 e. The third-order valence-corrected chi connectivity index (χ3v) is 3.64. The van der Waals surface area contributed by atoms with Crippen molar-refractivity contribution in [3.63, 3.8) is 0 Å². The standard InChI is InChI=1S/C13H17ClN6/c1-9-7-15-19(8-9)4-5-20-11(6-14)16-12-10(2)17-18(3)13(12)20/h7-8H,4-6H2,1-3H3. The van der Waals surface area contributed by atoms with Crippen molar-refractivity contribution < 1.29 is 0 Å². The summed E-state index contributed by atoms with van der Waals surface area (Å²) in [4.78, 5) is 4.59. The van der Waals surface area contributed by atoms with Crippen molar-refractivity contribution in [2.75, 3.05) is 0 Å². The van der Waals surface area contributed by atoms with Gasteiger partial charge in [-0.1, -0.05) is 0 Å². The molecule has 106 valence electrons. The fourth-order valence-electron chi connectivity index (χ4n) is 2.51. The van der Waals surface area contributed by atoms with Gasteiger partial charge in [0.2, 0.25) is 0 Å². The lowest BCUT2D eigenvalue weighted by Crippen LogP contribution is -2.12. The highest BCUT2D eigenvalue weighted by atomic mass is 35.5. The second-order valence-corrected chi connectivity index (χ2v) is 5.24. The molecule has 0 aromatic carbocycles. The van der Waals surface area contributed by atoms with Crippen molar-refractivity contribution >= 4 is 22.8 Å². The van der Waals surface area contributed by atoms with E-state index in [1.165, 1.54) is 0 Å². The second kappa shape index (κ2) is 4.94. The number of alkyl halides is 1. The summed E-state index contributed by atoms with van der Waals surface area (Å²) < 4.78 is 5.92. The van der Waals surface area contributed by atoms with Crippen LogP contribution in [0.5, 0.6) is 0 Å². The Morgan fingerprint density at radius 2 is 2.05 bits per heavy atom. The van der Waals surface area contributed by atoms with Gasteiger partial charge in [0.05, 0.1) is 24.3 Å². The van der Waals surface area contributed by atoms with Crippen LogP contribution in [0.4, 0.5) is 0 Å². The smallest absolute Gasteiger partial charge is 0.158 e. The summed E-state index contributed by atoms with van der Waals surface area (Å²) in [7, 11) is 1.93. The van der Waals surface area contributed by atoms with Crippen molar-refractivity contribution in [2.45, 2.75) is 32.8 Å². The van der Waals surface area contributed by atoms with E-state index in [9.17, 15) is 0 Å². The molecule has 0 radical (unpaired) electrons. The molecular weight excluding hydrogens is 276 g/mol. The molecule has 0 aliphatic rings. The third-order valence-electron chi connectivity index (χ3n) is 3.40. The first kappa shape index (κ1) is 13.2.